The molecule has 0 spiro atoms. The summed E-state index contributed by atoms with van der Waals surface area (Å²) in [5.74, 6) is -1.32. The molecule has 3 aliphatic rings. The normalized spacial score (nSPS) is 40.8. The minimum absolute atomic E-state index is 0.199. The van der Waals surface area contributed by atoms with Gasteiger partial charge in [0.1, 0.15) is 24.4 Å². The molecule has 0 aliphatic carbocycles. The van der Waals surface area contributed by atoms with Crippen LogP contribution in [0.5, 0.6) is 0 Å². The first-order chi connectivity index (χ1) is 10.8. The van der Waals surface area contributed by atoms with Crippen molar-refractivity contribution in [1.82, 2.24) is 0 Å². The molecule has 0 N–H and O–H groups in total. The van der Waals surface area contributed by atoms with Crippen molar-refractivity contribution in [2.24, 2.45) is 0 Å². The maximum Gasteiger partial charge on any atom is 0.190 e. The highest BCUT2D eigenvalue weighted by molar-refractivity contribution is 5.00. The second-order valence-electron chi connectivity index (χ2n) is 7.49. The zero-order valence-corrected chi connectivity index (χ0v) is 14.9. The lowest BCUT2D eigenvalue weighted by molar-refractivity contribution is -0.243. The smallest absolute Gasteiger partial charge is 0.190 e. The van der Waals surface area contributed by atoms with E-state index in [2.05, 4.69) is 6.92 Å². The molecule has 0 bridgehead atoms. The van der Waals surface area contributed by atoms with Gasteiger partial charge in [-0.25, -0.2) is 0 Å². The SMILES string of the molecule is CCCCCOC[C@@H]1O[C@@H]2OC(C)(C)O[C@@H]2[C@@H]2OC(C)(C)O[C@@H]21. The fourth-order valence-electron chi connectivity index (χ4n) is 3.48. The Morgan fingerprint density at radius 3 is 2.22 bits per heavy atom. The van der Waals surface area contributed by atoms with E-state index in [1.54, 1.807) is 0 Å². The van der Waals surface area contributed by atoms with Gasteiger partial charge >= 0.3 is 0 Å². The Morgan fingerprint density at radius 2 is 1.48 bits per heavy atom. The largest absolute Gasteiger partial charge is 0.379 e. The maximum atomic E-state index is 6.08. The van der Waals surface area contributed by atoms with Crippen LogP contribution in [0.2, 0.25) is 0 Å². The molecule has 3 fully saturated rings. The molecule has 0 aromatic carbocycles. The molecule has 134 valence electrons. The van der Waals surface area contributed by atoms with Crippen molar-refractivity contribution in [3.8, 4) is 0 Å². The topological polar surface area (TPSA) is 55.4 Å². The van der Waals surface area contributed by atoms with Gasteiger partial charge < -0.3 is 28.4 Å². The Kier molecular flexibility index (Phi) is 5.03. The maximum absolute atomic E-state index is 6.08. The molecule has 0 saturated carbocycles. The second kappa shape index (κ2) is 6.58. The van der Waals surface area contributed by atoms with Gasteiger partial charge in [-0.3, -0.25) is 0 Å². The van der Waals surface area contributed by atoms with Gasteiger partial charge in [0.25, 0.3) is 0 Å². The van der Waals surface area contributed by atoms with Crippen LogP contribution in [0.4, 0.5) is 0 Å². The van der Waals surface area contributed by atoms with E-state index >= 15 is 0 Å². The van der Waals surface area contributed by atoms with Crippen LogP contribution in [-0.4, -0.2) is 55.5 Å². The molecule has 5 atom stereocenters. The third-order valence-corrected chi connectivity index (χ3v) is 4.43. The molecule has 23 heavy (non-hydrogen) atoms. The van der Waals surface area contributed by atoms with Crippen LogP contribution in [0, 0.1) is 0 Å². The van der Waals surface area contributed by atoms with Gasteiger partial charge in [-0.05, 0) is 34.1 Å². The van der Waals surface area contributed by atoms with E-state index in [1.165, 1.54) is 12.8 Å². The summed E-state index contributed by atoms with van der Waals surface area (Å²) in [7, 11) is 0. The zero-order chi connectivity index (χ0) is 16.7. The summed E-state index contributed by atoms with van der Waals surface area (Å²) in [5.41, 5.74) is 0. The molecule has 3 saturated heterocycles. The summed E-state index contributed by atoms with van der Waals surface area (Å²) in [4.78, 5) is 0. The molecule has 0 aromatic heterocycles. The van der Waals surface area contributed by atoms with Gasteiger partial charge in [0, 0.05) is 6.61 Å². The molecule has 6 heteroatoms. The van der Waals surface area contributed by atoms with Crippen LogP contribution >= 0.6 is 0 Å². The fraction of sp³-hybridized carbons (Fsp3) is 1.00. The van der Waals surface area contributed by atoms with Gasteiger partial charge in [-0.1, -0.05) is 19.8 Å². The van der Waals surface area contributed by atoms with E-state index in [0.29, 0.717) is 6.61 Å². The summed E-state index contributed by atoms with van der Waals surface area (Å²) in [6.07, 6.45) is 2.12. The van der Waals surface area contributed by atoms with Crippen molar-refractivity contribution in [2.45, 2.75) is 96.2 Å². The monoisotopic (exact) mass is 330 g/mol. The average Bonchev–Trinajstić information content (AvgIpc) is 2.93. The van der Waals surface area contributed by atoms with E-state index in [-0.39, 0.29) is 24.4 Å². The van der Waals surface area contributed by atoms with Crippen LogP contribution < -0.4 is 0 Å². The van der Waals surface area contributed by atoms with Crippen LogP contribution in [-0.2, 0) is 28.4 Å². The van der Waals surface area contributed by atoms with Crippen molar-refractivity contribution in [1.29, 1.82) is 0 Å². The van der Waals surface area contributed by atoms with E-state index in [1.807, 2.05) is 27.7 Å². The molecule has 3 aliphatic heterocycles. The van der Waals surface area contributed by atoms with Crippen molar-refractivity contribution >= 4 is 0 Å². The molecule has 0 aromatic rings. The Balaban J connectivity index is 1.64. The molecule has 0 radical (unpaired) electrons. The first-order valence-corrected chi connectivity index (χ1v) is 8.76. The number of unbranched alkanes of at least 4 members (excludes halogenated alkanes) is 2. The third kappa shape index (κ3) is 3.89. The number of hydrogen-bond acceptors (Lipinski definition) is 6. The number of ether oxygens (including phenoxy) is 6. The Morgan fingerprint density at radius 1 is 0.826 bits per heavy atom. The minimum atomic E-state index is -0.674. The predicted octanol–water partition coefficient (Wildman–Crippen LogP) is 2.59. The molecule has 0 amide bonds. The van der Waals surface area contributed by atoms with E-state index < -0.39 is 17.9 Å². The lowest BCUT2D eigenvalue weighted by Crippen LogP contribution is -2.56. The van der Waals surface area contributed by atoms with Crippen molar-refractivity contribution in [3.05, 3.63) is 0 Å². The third-order valence-electron chi connectivity index (χ3n) is 4.43. The summed E-state index contributed by atoms with van der Waals surface area (Å²) >= 11 is 0. The number of hydrogen-bond donors (Lipinski definition) is 0. The quantitative estimate of drug-likeness (QED) is 0.698. The Labute approximate surface area is 138 Å². The molecular formula is C17H30O6. The molecule has 3 heterocycles. The number of fused-ring (bicyclic) bond motifs is 3. The van der Waals surface area contributed by atoms with Crippen LogP contribution in [0.1, 0.15) is 53.9 Å². The lowest BCUT2D eigenvalue weighted by Gasteiger charge is -2.37. The molecular weight excluding hydrogens is 300 g/mol. The standard InChI is InChI=1S/C17H30O6/c1-6-7-8-9-18-10-11-12-13(21-16(2,3)20-12)14-15(19-11)23-17(4,5)22-14/h11-15H,6-10H2,1-5H3/t11-,12+,13+,14+,15+/m0/s1. The van der Waals surface area contributed by atoms with Crippen LogP contribution in [0.25, 0.3) is 0 Å². The summed E-state index contributed by atoms with van der Waals surface area (Å²) < 4.78 is 35.8. The van der Waals surface area contributed by atoms with Gasteiger partial charge in [0.15, 0.2) is 17.9 Å². The minimum Gasteiger partial charge on any atom is -0.379 e. The van der Waals surface area contributed by atoms with Crippen molar-refractivity contribution < 1.29 is 28.4 Å². The Bertz CT molecular complexity index is 410. The van der Waals surface area contributed by atoms with Gasteiger partial charge in [0.2, 0.25) is 0 Å². The predicted molar refractivity (Wildman–Crippen MR) is 82.9 cm³/mol. The summed E-state index contributed by atoms with van der Waals surface area (Å²) in [6, 6.07) is 0. The first kappa shape index (κ1) is 17.6. The second-order valence-corrected chi connectivity index (χ2v) is 7.49. The highest BCUT2D eigenvalue weighted by atomic mass is 16.9. The van der Waals surface area contributed by atoms with Gasteiger partial charge in [-0.2, -0.15) is 0 Å². The van der Waals surface area contributed by atoms with Gasteiger partial charge in [0.05, 0.1) is 6.61 Å². The van der Waals surface area contributed by atoms with Crippen molar-refractivity contribution in [2.75, 3.05) is 13.2 Å². The molecule has 0 unspecified atom stereocenters. The average molecular weight is 330 g/mol. The first-order valence-electron chi connectivity index (χ1n) is 8.76. The highest BCUT2D eigenvalue weighted by Crippen LogP contribution is 2.44. The lowest BCUT2D eigenvalue weighted by atomic mass is 9.99. The van der Waals surface area contributed by atoms with Gasteiger partial charge in [-0.15, -0.1) is 0 Å². The van der Waals surface area contributed by atoms with Crippen LogP contribution in [0.3, 0.4) is 0 Å². The fourth-order valence-corrected chi connectivity index (χ4v) is 3.48. The van der Waals surface area contributed by atoms with E-state index in [0.717, 1.165) is 13.0 Å². The molecule has 3 rings (SSSR count). The summed E-state index contributed by atoms with van der Waals surface area (Å²) in [5, 5.41) is 0. The van der Waals surface area contributed by atoms with Crippen LogP contribution in [0.15, 0.2) is 0 Å². The molecule has 6 nitrogen and oxygen atoms in total. The van der Waals surface area contributed by atoms with E-state index in [4.69, 9.17) is 28.4 Å². The number of rotatable bonds is 6. The van der Waals surface area contributed by atoms with E-state index in [9.17, 15) is 0 Å². The summed E-state index contributed by atoms with van der Waals surface area (Å²) in [6.45, 7) is 11.0. The van der Waals surface area contributed by atoms with Crippen molar-refractivity contribution in [3.63, 3.8) is 0 Å². The zero-order valence-electron chi connectivity index (χ0n) is 14.9. The highest BCUT2D eigenvalue weighted by Gasteiger charge is 2.60. The Hall–Kier alpha value is -0.240.